The summed E-state index contributed by atoms with van der Waals surface area (Å²) in [5, 5.41) is 17.2. The van der Waals surface area contributed by atoms with Crippen molar-refractivity contribution >= 4 is 45.6 Å². The maximum atomic E-state index is 10.8. The predicted octanol–water partition coefficient (Wildman–Crippen LogP) is -1.87. The normalized spacial score (nSPS) is 8.88. The summed E-state index contributed by atoms with van der Waals surface area (Å²) in [5.41, 5.74) is 9.55. The topological polar surface area (TPSA) is 134 Å². The van der Waals surface area contributed by atoms with E-state index in [0.717, 1.165) is 22.7 Å². The van der Waals surface area contributed by atoms with Crippen molar-refractivity contribution in [2.75, 3.05) is 0 Å². The molecule has 80 valence electrons. The highest BCUT2D eigenvalue weighted by Gasteiger charge is 2.12. The van der Waals surface area contributed by atoms with Gasteiger partial charge >= 0.3 is 0 Å². The van der Waals surface area contributed by atoms with Gasteiger partial charge in [0.2, 0.25) is 0 Å². The molecule has 0 atom stereocenters. The van der Waals surface area contributed by atoms with Crippen molar-refractivity contribution in [3.8, 4) is 12.1 Å². The average molecular weight is 252 g/mol. The molecule has 1 heterocycles. The smallest absolute Gasteiger partial charge is 0.261 e. The van der Waals surface area contributed by atoms with Crippen molar-refractivity contribution < 1.29 is 9.59 Å². The van der Waals surface area contributed by atoms with Gasteiger partial charge in [-0.3, -0.25) is 9.59 Å². The number of carbonyl (C=O) groups excluding carboxylic acids is 2. The fourth-order valence-corrected chi connectivity index (χ4v) is 2.88. The minimum Gasteiger partial charge on any atom is -0.365 e. The molecule has 6 nitrogen and oxygen atoms in total. The maximum absolute atomic E-state index is 10.8. The first-order chi connectivity index (χ1) is 7.51. The summed E-state index contributed by atoms with van der Waals surface area (Å²) in [6.07, 6.45) is 0. The first kappa shape index (κ1) is 11.9. The molecule has 0 radical (unpaired) electrons. The number of nitriles is 2. The van der Waals surface area contributed by atoms with Crippen molar-refractivity contribution in [3.05, 3.63) is 7.69 Å². The van der Waals surface area contributed by atoms with Gasteiger partial charge in [0.15, 0.2) is 0 Å². The zero-order valence-corrected chi connectivity index (χ0v) is 9.32. The number of hydrogen-bond acceptors (Lipinski definition) is 6. The van der Waals surface area contributed by atoms with E-state index in [1.165, 1.54) is 0 Å². The van der Waals surface area contributed by atoms with Crippen LogP contribution >= 0.6 is 22.7 Å². The molecule has 1 aromatic rings. The maximum Gasteiger partial charge on any atom is 0.261 e. The summed E-state index contributed by atoms with van der Waals surface area (Å²) in [5.74, 6) is -1.68. The van der Waals surface area contributed by atoms with Crippen molar-refractivity contribution in [1.29, 1.82) is 10.5 Å². The summed E-state index contributed by atoms with van der Waals surface area (Å²) in [6, 6.07) is 3.30. The van der Waals surface area contributed by atoms with E-state index in [2.05, 4.69) is 0 Å². The molecule has 0 fully saturated rings. The van der Waals surface area contributed by atoms with Crippen LogP contribution < -0.4 is 19.2 Å². The number of carbonyl (C=O) groups is 2. The van der Waals surface area contributed by atoms with Crippen molar-refractivity contribution in [2.24, 2.45) is 11.5 Å². The highest BCUT2D eigenvalue weighted by Crippen LogP contribution is 2.00. The lowest BCUT2D eigenvalue weighted by atomic mass is 10.3. The van der Waals surface area contributed by atoms with Crippen LogP contribution in [0.2, 0.25) is 0 Å². The first-order valence-corrected chi connectivity index (χ1v) is 5.38. The van der Waals surface area contributed by atoms with Crippen LogP contribution in [0.5, 0.6) is 0 Å². The number of rotatable bonds is 2. The Bertz CT molecular complexity index is 580. The number of amides is 2. The molecule has 0 unspecified atom stereocenters. The van der Waals surface area contributed by atoms with E-state index >= 15 is 0 Å². The molecule has 0 bridgehead atoms. The standard InChI is InChI=1S/C8H4N4O2S2/c9-1-3(5(11)13)7-15-8(16-7)4(2-10)6(12)14/h(H2,11,13)(H2,12,14). The average Bonchev–Trinajstić information content (AvgIpc) is 2.13. The Morgan fingerprint density at radius 1 is 0.938 bits per heavy atom. The number of nitrogens with zero attached hydrogens (tertiary/aromatic N) is 2. The van der Waals surface area contributed by atoms with E-state index in [1.54, 1.807) is 12.1 Å². The molecule has 0 spiro atoms. The van der Waals surface area contributed by atoms with Crippen LogP contribution in [-0.4, -0.2) is 11.8 Å². The Hall–Kier alpha value is -2.16. The Morgan fingerprint density at radius 2 is 1.25 bits per heavy atom. The second-order valence-electron chi connectivity index (χ2n) is 2.48. The van der Waals surface area contributed by atoms with Gasteiger partial charge in [-0.05, 0) is 0 Å². The number of primary amides is 2. The van der Waals surface area contributed by atoms with Gasteiger partial charge in [-0.1, -0.05) is 0 Å². The van der Waals surface area contributed by atoms with Gasteiger partial charge in [-0.15, -0.1) is 22.7 Å². The minimum atomic E-state index is -0.839. The van der Waals surface area contributed by atoms with E-state index in [-0.39, 0.29) is 11.1 Å². The molecular formula is C8H4N4O2S2. The van der Waals surface area contributed by atoms with Gasteiger partial charge in [0.05, 0.1) is 0 Å². The van der Waals surface area contributed by atoms with Crippen molar-refractivity contribution in [3.63, 3.8) is 0 Å². The van der Waals surface area contributed by atoms with Crippen LogP contribution in [0, 0.1) is 22.7 Å². The molecule has 0 saturated carbocycles. The van der Waals surface area contributed by atoms with Crippen LogP contribution in [-0.2, 0) is 9.59 Å². The molecule has 8 heteroatoms. The van der Waals surface area contributed by atoms with E-state index in [1.807, 2.05) is 0 Å². The van der Waals surface area contributed by atoms with Crippen LogP contribution in [0.4, 0.5) is 0 Å². The second-order valence-corrected chi connectivity index (χ2v) is 5.04. The summed E-state index contributed by atoms with van der Waals surface area (Å²) >= 11 is 1.94. The van der Waals surface area contributed by atoms with E-state index in [4.69, 9.17) is 22.0 Å². The summed E-state index contributed by atoms with van der Waals surface area (Å²) in [4.78, 5) is 21.6. The molecule has 0 aliphatic carbocycles. The molecule has 4 N–H and O–H groups in total. The zero-order chi connectivity index (χ0) is 12.3. The van der Waals surface area contributed by atoms with Crippen LogP contribution in [0.3, 0.4) is 0 Å². The van der Waals surface area contributed by atoms with E-state index in [9.17, 15) is 9.59 Å². The minimum absolute atomic E-state index is 0.180. The number of nitrogens with two attached hydrogens (primary N) is 2. The largest absolute Gasteiger partial charge is 0.365 e. The molecule has 0 aliphatic heterocycles. The van der Waals surface area contributed by atoms with Gasteiger partial charge in [0.1, 0.15) is 31.0 Å². The Labute approximate surface area is 97.3 Å². The quantitative estimate of drug-likeness (QED) is 0.637. The molecule has 1 aromatic heterocycles. The van der Waals surface area contributed by atoms with Crippen molar-refractivity contribution in [1.82, 2.24) is 0 Å². The summed E-state index contributed by atoms with van der Waals surface area (Å²) < 4.78 is 0.748. The lowest BCUT2D eigenvalue weighted by Gasteiger charge is -1.96. The third-order valence-electron chi connectivity index (χ3n) is 1.50. The molecular weight excluding hydrogens is 248 g/mol. The highest BCUT2D eigenvalue weighted by atomic mass is 32.2. The van der Waals surface area contributed by atoms with Crippen molar-refractivity contribution in [2.45, 2.75) is 0 Å². The molecule has 16 heavy (non-hydrogen) atoms. The first-order valence-electron chi connectivity index (χ1n) is 3.75. The van der Waals surface area contributed by atoms with Crippen LogP contribution in [0.1, 0.15) is 0 Å². The molecule has 0 aromatic carbocycles. The third kappa shape index (κ3) is 2.08. The van der Waals surface area contributed by atoms with Crippen LogP contribution in [0.25, 0.3) is 11.1 Å². The molecule has 0 aliphatic rings. The predicted molar refractivity (Wildman–Crippen MR) is 57.9 cm³/mol. The zero-order valence-electron chi connectivity index (χ0n) is 7.68. The second kappa shape index (κ2) is 4.57. The fraction of sp³-hybridized carbons (Fsp3) is 0. The fourth-order valence-electron chi connectivity index (χ4n) is 0.783. The molecule has 2 amide bonds. The third-order valence-corrected chi connectivity index (χ3v) is 4.05. The Kier molecular flexibility index (Phi) is 3.40. The van der Waals surface area contributed by atoms with Gasteiger partial charge in [-0.2, -0.15) is 10.5 Å². The van der Waals surface area contributed by atoms with Gasteiger partial charge in [-0.25, -0.2) is 0 Å². The van der Waals surface area contributed by atoms with E-state index < -0.39 is 11.8 Å². The van der Waals surface area contributed by atoms with Gasteiger partial charge in [0.25, 0.3) is 11.8 Å². The number of hydrogen-bond donors (Lipinski definition) is 2. The molecule has 1 rings (SSSR count). The summed E-state index contributed by atoms with van der Waals surface area (Å²) in [7, 11) is 0. The van der Waals surface area contributed by atoms with Gasteiger partial charge < -0.3 is 11.5 Å². The lowest BCUT2D eigenvalue weighted by Crippen LogP contribution is -2.26. The monoisotopic (exact) mass is 252 g/mol. The SMILES string of the molecule is N#CC(C(N)=O)=c1sc(=C(C#N)C(N)=O)s1. The Morgan fingerprint density at radius 3 is 1.44 bits per heavy atom. The molecule has 0 saturated heterocycles. The van der Waals surface area contributed by atoms with Gasteiger partial charge in [0, 0.05) is 0 Å². The highest BCUT2D eigenvalue weighted by molar-refractivity contribution is 7.36. The lowest BCUT2D eigenvalue weighted by molar-refractivity contribution is -0.113. The van der Waals surface area contributed by atoms with Crippen LogP contribution in [0.15, 0.2) is 0 Å². The van der Waals surface area contributed by atoms with E-state index in [0.29, 0.717) is 7.69 Å². The summed E-state index contributed by atoms with van der Waals surface area (Å²) in [6.45, 7) is 0. The Balaban J connectivity index is 3.44.